The Kier molecular flexibility index (Phi) is 4.40. The summed E-state index contributed by atoms with van der Waals surface area (Å²) >= 11 is 0. The van der Waals surface area contributed by atoms with Gasteiger partial charge in [0, 0.05) is 25.3 Å². The van der Waals surface area contributed by atoms with Gasteiger partial charge < -0.3 is 10.4 Å². The normalized spacial score (nSPS) is 22.2. The maximum Gasteiger partial charge on any atom is 0.407 e. The van der Waals surface area contributed by atoms with Crippen LogP contribution in [0.1, 0.15) is 41.3 Å². The number of aryl methyl sites for hydroxylation is 1. The molecule has 130 valence electrons. The van der Waals surface area contributed by atoms with Crippen LogP contribution in [0.25, 0.3) is 0 Å². The van der Waals surface area contributed by atoms with Crippen LogP contribution in [0.3, 0.4) is 0 Å². The Balaban J connectivity index is 1.50. The summed E-state index contributed by atoms with van der Waals surface area (Å²) in [5.74, 6) is 0. The average molecular weight is 337 g/mol. The van der Waals surface area contributed by atoms with Crippen LogP contribution in [0.15, 0.2) is 42.6 Å². The smallest absolute Gasteiger partial charge is 0.407 e. The number of amides is 1. The summed E-state index contributed by atoms with van der Waals surface area (Å²) in [6, 6.07) is 12.5. The molecule has 2 aromatic rings. The summed E-state index contributed by atoms with van der Waals surface area (Å²) in [6.07, 6.45) is 5.05. The molecule has 2 aliphatic rings. The highest BCUT2D eigenvalue weighted by atomic mass is 16.4. The molecule has 1 aliphatic carbocycles. The van der Waals surface area contributed by atoms with Crippen LogP contribution < -0.4 is 5.32 Å². The van der Waals surface area contributed by atoms with Crippen molar-refractivity contribution in [3.8, 4) is 0 Å². The van der Waals surface area contributed by atoms with Gasteiger partial charge in [-0.2, -0.15) is 0 Å². The molecule has 0 saturated carbocycles. The van der Waals surface area contributed by atoms with E-state index in [1.165, 1.54) is 11.1 Å². The van der Waals surface area contributed by atoms with E-state index >= 15 is 0 Å². The van der Waals surface area contributed by atoms with Crippen LogP contribution in [0.2, 0.25) is 0 Å². The lowest BCUT2D eigenvalue weighted by atomic mass is 9.90. The molecule has 2 atom stereocenters. The summed E-state index contributed by atoms with van der Waals surface area (Å²) < 4.78 is 0. The van der Waals surface area contributed by atoms with Crippen LogP contribution in [-0.2, 0) is 19.4 Å². The van der Waals surface area contributed by atoms with E-state index in [4.69, 9.17) is 0 Å². The maximum absolute atomic E-state index is 11.7. The fraction of sp³-hybridized carbons (Fsp3) is 0.400. The van der Waals surface area contributed by atoms with Crippen molar-refractivity contribution in [3.63, 3.8) is 0 Å². The number of hydrogen-bond donors (Lipinski definition) is 2. The highest BCUT2D eigenvalue weighted by molar-refractivity contribution is 5.66. The summed E-state index contributed by atoms with van der Waals surface area (Å²) in [5, 5.41) is 13.2. The van der Waals surface area contributed by atoms with Gasteiger partial charge in [0.15, 0.2) is 0 Å². The molecule has 4 rings (SSSR count). The quantitative estimate of drug-likeness (QED) is 0.903. The highest BCUT2D eigenvalue weighted by Gasteiger charge is 2.30. The second kappa shape index (κ2) is 6.84. The van der Waals surface area contributed by atoms with E-state index in [0.717, 1.165) is 36.9 Å². The van der Waals surface area contributed by atoms with Gasteiger partial charge in [-0.25, -0.2) is 4.79 Å². The first kappa shape index (κ1) is 16.1. The SMILES string of the molecule is O=C(O)N1Cc2ccccc2C[C@@H]1CN[C@H]1CCCc2cccnc21. The van der Waals surface area contributed by atoms with Gasteiger partial charge >= 0.3 is 6.09 Å². The molecule has 1 aliphatic heterocycles. The number of pyridine rings is 1. The highest BCUT2D eigenvalue weighted by Crippen LogP contribution is 2.29. The fourth-order valence-corrected chi connectivity index (χ4v) is 4.08. The topological polar surface area (TPSA) is 65.5 Å². The summed E-state index contributed by atoms with van der Waals surface area (Å²) in [7, 11) is 0. The van der Waals surface area contributed by atoms with Crippen LogP contribution in [0.4, 0.5) is 4.79 Å². The summed E-state index contributed by atoms with van der Waals surface area (Å²) in [5.41, 5.74) is 4.82. The fourth-order valence-electron chi connectivity index (χ4n) is 4.08. The zero-order valence-electron chi connectivity index (χ0n) is 14.2. The molecule has 0 unspecified atom stereocenters. The Hall–Kier alpha value is -2.40. The zero-order chi connectivity index (χ0) is 17.2. The van der Waals surface area contributed by atoms with E-state index in [9.17, 15) is 9.90 Å². The third-order valence-electron chi connectivity index (χ3n) is 5.40. The first-order valence-electron chi connectivity index (χ1n) is 8.96. The number of carboxylic acid groups (broad SMARTS) is 1. The van der Waals surface area contributed by atoms with Crippen LogP contribution in [-0.4, -0.2) is 33.7 Å². The minimum absolute atomic E-state index is 0.0403. The predicted octanol–water partition coefficient (Wildman–Crippen LogP) is 3.15. The van der Waals surface area contributed by atoms with Gasteiger partial charge in [-0.1, -0.05) is 30.3 Å². The van der Waals surface area contributed by atoms with Crippen molar-refractivity contribution in [3.05, 3.63) is 65.0 Å². The third-order valence-corrected chi connectivity index (χ3v) is 5.40. The minimum Gasteiger partial charge on any atom is -0.465 e. The van der Waals surface area contributed by atoms with Crippen molar-refractivity contribution in [1.82, 2.24) is 15.2 Å². The Bertz CT molecular complexity index is 777. The second-order valence-corrected chi connectivity index (χ2v) is 6.94. The molecule has 1 amide bonds. The van der Waals surface area contributed by atoms with Crippen molar-refractivity contribution in [2.24, 2.45) is 0 Å². The standard InChI is InChI=1S/C20H23N3O2/c24-20(25)23-13-16-6-2-1-5-15(16)11-17(23)12-22-18-9-3-7-14-8-4-10-21-19(14)18/h1-2,4-6,8,10,17-18,22H,3,7,9,11-13H2,(H,24,25)/t17-,18+/m1/s1. The van der Waals surface area contributed by atoms with Crippen LogP contribution >= 0.6 is 0 Å². The number of fused-ring (bicyclic) bond motifs is 2. The van der Waals surface area contributed by atoms with E-state index in [1.54, 1.807) is 4.90 Å². The lowest BCUT2D eigenvalue weighted by Crippen LogP contribution is -2.49. The van der Waals surface area contributed by atoms with Gasteiger partial charge in [-0.05, 0) is 48.4 Å². The molecule has 0 fully saturated rings. The molecule has 2 heterocycles. The molecule has 5 nitrogen and oxygen atoms in total. The largest absolute Gasteiger partial charge is 0.465 e. The molecule has 0 bridgehead atoms. The van der Waals surface area contributed by atoms with Crippen molar-refractivity contribution >= 4 is 6.09 Å². The first-order valence-corrected chi connectivity index (χ1v) is 8.96. The molecule has 0 saturated heterocycles. The molecule has 25 heavy (non-hydrogen) atoms. The summed E-state index contributed by atoms with van der Waals surface area (Å²) in [4.78, 5) is 17.8. The third kappa shape index (κ3) is 3.24. The van der Waals surface area contributed by atoms with Crippen molar-refractivity contribution in [2.45, 2.75) is 44.3 Å². The number of aromatic nitrogens is 1. The van der Waals surface area contributed by atoms with Crippen molar-refractivity contribution in [2.75, 3.05) is 6.54 Å². The van der Waals surface area contributed by atoms with Gasteiger partial charge in [0.1, 0.15) is 0 Å². The molecule has 0 spiro atoms. The van der Waals surface area contributed by atoms with Gasteiger partial charge in [0.25, 0.3) is 0 Å². The van der Waals surface area contributed by atoms with E-state index in [-0.39, 0.29) is 12.1 Å². The second-order valence-electron chi connectivity index (χ2n) is 6.94. The Morgan fingerprint density at radius 1 is 1.20 bits per heavy atom. The molecule has 1 aromatic carbocycles. The Morgan fingerprint density at radius 3 is 2.84 bits per heavy atom. The molecular weight excluding hydrogens is 314 g/mol. The minimum atomic E-state index is -0.844. The number of carbonyl (C=O) groups is 1. The molecular formula is C20H23N3O2. The van der Waals surface area contributed by atoms with Crippen molar-refractivity contribution in [1.29, 1.82) is 0 Å². The Morgan fingerprint density at radius 2 is 2.00 bits per heavy atom. The molecule has 5 heteroatoms. The number of rotatable bonds is 3. The van der Waals surface area contributed by atoms with Crippen LogP contribution in [0, 0.1) is 0 Å². The van der Waals surface area contributed by atoms with Gasteiger partial charge in [0.2, 0.25) is 0 Å². The van der Waals surface area contributed by atoms with E-state index in [0.29, 0.717) is 13.1 Å². The zero-order valence-corrected chi connectivity index (χ0v) is 14.2. The number of nitrogens with zero attached hydrogens (tertiary/aromatic N) is 2. The van der Waals surface area contributed by atoms with Gasteiger partial charge in [-0.15, -0.1) is 0 Å². The lowest BCUT2D eigenvalue weighted by molar-refractivity contribution is 0.112. The van der Waals surface area contributed by atoms with E-state index in [1.807, 2.05) is 30.5 Å². The van der Waals surface area contributed by atoms with Crippen LogP contribution in [0.5, 0.6) is 0 Å². The predicted molar refractivity (Wildman–Crippen MR) is 95.4 cm³/mol. The van der Waals surface area contributed by atoms with E-state index in [2.05, 4.69) is 22.4 Å². The molecule has 0 radical (unpaired) electrons. The molecule has 2 N–H and O–H groups in total. The maximum atomic E-state index is 11.7. The number of benzene rings is 1. The van der Waals surface area contributed by atoms with E-state index < -0.39 is 6.09 Å². The van der Waals surface area contributed by atoms with Gasteiger partial charge in [-0.3, -0.25) is 9.88 Å². The van der Waals surface area contributed by atoms with Gasteiger partial charge in [0.05, 0.1) is 11.7 Å². The number of nitrogens with one attached hydrogen (secondary N) is 1. The Labute approximate surface area is 147 Å². The lowest BCUT2D eigenvalue weighted by Gasteiger charge is -2.36. The monoisotopic (exact) mass is 337 g/mol. The molecule has 1 aromatic heterocycles. The first-order chi connectivity index (χ1) is 12.2. The average Bonchev–Trinajstić information content (AvgIpc) is 2.65. The van der Waals surface area contributed by atoms with Crippen molar-refractivity contribution < 1.29 is 9.90 Å². The summed E-state index contributed by atoms with van der Waals surface area (Å²) in [6.45, 7) is 1.12. The number of hydrogen-bond acceptors (Lipinski definition) is 3.